The van der Waals surface area contributed by atoms with Crippen molar-refractivity contribution in [3.63, 3.8) is 0 Å². The number of anilines is 1. The van der Waals surface area contributed by atoms with Crippen LogP contribution in [0.3, 0.4) is 0 Å². The van der Waals surface area contributed by atoms with Crippen LogP contribution in [0.5, 0.6) is 0 Å². The number of hydrogen-bond donors (Lipinski definition) is 2. The monoisotopic (exact) mass is 298 g/mol. The molecule has 22 heavy (non-hydrogen) atoms. The van der Waals surface area contributed by atoms with Gasteiger partial charge >= 0.3 is 0 Å². The van der Waals surface area contributed by atoms with Gasteiger partial charge < -0.3 is 15.4 Å². The van der Waals surface area contributed by atoms with Crippen LogP contribution in [0.1, 0.15) is 28.4 Å². The van der Waals surface area contributed by atoms with Crippen molar-refractivity contribution in [1.82, 2.24) is 5.32 Å². The minimum Gasteiger partial charge on any atom is -0.380 e. The second-order valence-electron chi connectivity index (χ2n) is 5.06. The molecule has 0 aliphatic carbocycles. The van der Waals surface area contributed by atoms with Gasteiger partial charge in [-0.2, -0.15) is 0 Å². The highest BCUT2D eigenvalue weighted by Gasteiger charge is 2.06. The standard InChI is InChI=1S/C18H22N2O2/c1-3-19-12-15-5-4-6-17(11-15)20-18(21)16-9-7-14(8-10-16)13-22-2/h4-11,19H,3,12-13H2,1-2H3,(H,20,21). The average Bonchev–Trinajstić information content (AvgIpc) is 2.54. The van der Waals surface area contributed by atoms with Crippen LogP contribution in [0.4, 0.5) is 5.69 Å². The molecule has 1 amide bonds. The van der Waals surface area contributed by atoms with Gasteiger partial charge in [0, 0.05) is 24.9 Å². The lowest BCUT2D eigenvalue weighted by molar-refractivity contribution is 0.102. The first-order chi connectivity index (χ1) is 10.7. The Balaban J connectivity index is 2.01. The number of benzene rings is 2. The van der Waals surface area contributed by atoms with Gasteiger partial charge in [-0.1, -0.05) is 31.2 Å². The Bertz CT molecular complexity index is 609. The SMILES string of the molecule is CCNCc1cccc(NC(=O)c2ccc(COC)cc2)c1. The zero-order chi connectivity index (χ0) is 15.8. The van der Waals surface area contributed by atoms with Gasteiger partial charge in [0.15, 0.2) is 0 Å². The zero-order valence-electron chi connectivity index (χ0n) is 13.1. The second kappa shape index (κ2) is 8.32. The largest absolute Gasteiger partial charge is 0.380 e. The van der Waals surface area contributed by atoms with Gasteiger partial charge in [0.25, 0.3) is 5.91 Å². The van der Waals surface area contributed by atoms with Crippen LogP contribution in [-0.2, 0) is 17.9 Å². The molecule has 0 aliphatic rings. The first-order valence-electron chi connectivity index (χ1n) is 7.42. The summed E-state index contributed by atoms with van der Waals surface area (Å²) >= 11 is 0. The molecule has 0 bridgehead atoms. The van der Waals surface area contributed by atoms with Crippen LogP contribution in [-0.4, -0.2) is 19.6 Å². The van der Waals surface area contributed by atoms with E-state index in [4.69, 9.17) is 4.74 Å². The molecule has 0 unspecified atom stereocenters. The Hall–Kier alpha value is -2.17. The van der Waals surface area contributed by atoms with Crippen LogP contribution in [0.2, 0.25) is 0 Å². The summed E-state index contributed by atoms with van der Waals surface area (Å²) in [4.78, 5) is 12.3. The average molecular weight is 298 g/mol. The summed E-state index contributed by atoms with van der Waals surface area (Å²) in [5, 5.41) is 6.20. The van der Waals surface area contributed by atoms with E-state index < -0.39 is 0 Å². The van der Waals surface area contributed by atoms with Gasteiger partial charge in [-0.15, -0.1) is 0 Å². The quantitative estimate of drug-likeness (QED) is 0.825. The molecule has 0 spiro atoms. The molecule has 2 rings (SSSR count). The van der Waals surface area contributed by atoms with Crippen LogP contribution in [0.15, 0.2) is 48.5 Å². The van der Waals surface area contributed by atoms with Gasteiger partial charge in [0.05, 0.1) is 6.61 Å². The number of amides is 1. The lowest BCUT2D eigenvalue weighted by atomic mass is 10.1. The first-order valence-corrected chi connectivity index (χ1v) is 7.42. The van der Waals surface area contributed by atoms with Gasteiger partial charge in [0.2, 0.25) is 0 Å². The number of ether oxygens (including phenoxy) is 1. The highest BCUT2D eigenvalue weighted by molar-refractivity contribution is 6.04. The Morgan fingerprint density at radius 2 is 1.86 bits per heavy atom. The van der Waals surface area contributed by atoms with Crippen molar-refractivity contribution in [2.45, 2.75) is 20.1 Å². The number of carbonyl (C=O) groups is 1. The van der Waals surface area contributed by atoms with Crippen LogP contribution in [0.25, 0.3) is 0 Å². The molecule has 2 N–H and O–H groups in total. The molecular formula is C18H22N2O2. The minimum atomic E-state index is -0.107. The number of hydrogen-bond acceptors (Lipinski definition) is 3. The fraction of sp³-hybridized carbons (Fsp3) is 0.278. The van der Waals surface area contributed by atoms with E-state index in [0.717, 1.165) is 29.9 Å². The van der Waals surface area contributed by atoms with Crippen molar-refractivity contribution in [3.05, 3.63) is 65.2 Å². The van der Waals surface area contributed by atoms with Crippen molar-refractivity contribution in [2.75, 3.05) is 19.0 Å². The van der Waals surface area contributed by atoms with Crippen LogP contribution < -0.4 is 10.6 Å². The highest BCUT2D eigenvalue weighted by atomic mass is 16.5. The molecular weight excluding hydrogens is 276 g/mol. The molecule has 2 aromatic carbocycles. The fourth-order valence-corrected chi connectivity index (χ4v) is 2.15. The number of carbonyl (C=O) groups excluding carboxylic acids is 1. The molecule has 0 fully saturated rings. The highest BCUT2D eigenvalue weighted by Crippen LogP contribution is 2.13. The molecule has 0 aromatic heterocycles. The fourth-order valence-electron chi connectivity index (χ4n) is 2.15. The molecule has 0 radical (unpaired) electrons. The van der Waals surface area contributed by atoms with Crippen molar-refractivity contribution < 1.29 is 9.53 Å². The summed E-state index contributed by atoms with van der Waals surface area (Å²) in [5.41, 5.74) is 3.64. The van der Waals surface area contributed by atoms with Crippen LogP contribution >= 0.6 is 0 Å². The van der Waals surface area contributed by atoms with Gasteiger partial charge in [0.1, 0.15) is 0 Å². The lowest BCUT2D eigenvalue weighted by Crippen LogP contribution is -2.14. The maximum absolute atomic E-state index is 12.3. The van der Waals surface area contributed by atoms with Crippen molar-refractivity contribution in [3.8, 4) is 0 Å². The Morgan fingerprint density at radius 3 is 2.55 bits per heavy atom. The van der Waals surface area contributed by atoms with E-state index in [2.05, 4.69) is 17.6 Å². The van der Waals surface area contributed by atoms with Crippen molar-refractivity contribution in [1.29, 1.82) is 0 Å². The number of rotatable bonds is 7. The summed E-state index contributed by atoms with van der Waals surface area (Å²) < 4.78 is 5.06. The van der Waals surface area contributed by atoms with Gasteiger partial charge in [-0.25, -0.2) is 0 Å². The molecule has 0 saturated carbocycles. The van der Waals surface area contributed by atoms with Gasteiger partial charge in [-0.3, -0.25) is 4.79 Å². The molecule has 2 aromatic rings. The van der Waals surface area contributed by atoms with Crippen molar-refractivity contribution in [2.24, 2.45) is 0 Å². The topological polar surface area (TPSA) is 50.4 Å². The molecule has 4 nitrogen and oxygen atoms in total. The van der Waals surface area contributed by atoms with Gasteiger partial charge in [-0.05, 0) is 41.9 Å². The van der Waals surface area contributed by atoms with E-state index in [1.165, 1.54) is 0 Å². The predicted molar refractivity (Wildman–Crippen MR) is 88.9 cm³/mol. The van der Waals surface area contributed by atoms with E-state index in [1.807, 2.05) is 48.5 Å². The molecule has 4 heteroatoms. The van der Waals surface area contributed by atoms with E-state index in [9.17, 15) is 4.79 Å². The smallest absolute Gasteiger partial charge is 0.255 e. The normalized spacial score (nSPS) is 10.5. The molecule has 0 heterocycles. The summed E-state index contributed by atoms with van der Waals surface area (Å²) in [6, 6.07) is 15.3. The minimum absolute atomic E-state index is 0.107. The van der Waals surface area contributed by atoms with E-state index >= 15 is 0 Å². The van der Waals surface area contributed by atoms with E-state index in [1.54, 1.807) is 7.11 Å². The second-order valence-corrected chi connectivity index (χ2v) is 5.06. The van der Waals surface area contributed by atoms with Crippen LogP contribution in [0, 0.1) is 0 Å². The molecule has 0 atom stereocenters. The third-order valence-corrected chi connectivity index (χ3v) is 3.29. The van der Waals surface area contributed by atoms with E-state index in [0.29, 0.717) is 12.2 Å². The molecule has 0 saturated heterocycles. The summed E-state index contributed by atoms with van der Waals surface area (Å²) in [7, 11) is 1.65. The molecule has 116 valence electrons. The summed E-state index contributed by atoms with van der Waals surface area (Å²) in [6.45, 7) is 4.34. The Labute approximate surface area is 131 Å². The predicted octanol–water partition coefficient (Wildman–Crippen LogP) is 3.19. The Morgan fingerprint density at radius 1 is 1.09 bits per heavy atom. The molecule has 0 aliphatic heterocycles. The Kier molecular flexibility index (Phi) is 6.13. The number of methoxy groups -OCH3 is 1. The third-order valence-electron chi connectivity index (χ3n) is 3.29. The lowest BCUT2D eigenvalue weighted by Gasteiger charge is -2.08. The zero-order valence-corrected chi connectivity index (χ0v) is 13.1. The van der Waals surface area contributed by atoms with Crippen molar-refractivity contribution >= 4 is 11.6 Å². The maximum atomic E-state index is 12.3. The summed E-state index contributed by atoms with van der Waals surface area (Å²) in [5.74, 6) is -0.107. The first kappa shape index (κ1) is 16.2. The number of nitrogens with one attached hydrogen (secondary N) is 2. The maximum Gasteiger partial charge on any atom is 0.255 e. The third kappa shape index (κ3) is 4.69. The summed E-state index contributed by atoms with van der Waals surface area (Å²) in [6.07, 6.45) is 0. The van der Waals surface area contributed by atoms with E-state index in [-0.39, 0.29) is 5.91 Å².